The summed E-state index contributed by atoms with van der Waals surface area (Å²) in [7, 11) is 0. The van der Waals surface area contributed by atoms with E-state index in [1.165, 1.54) is 11.3 Å². The maximum Gasteiger partial charge on any atom is 0.264 e. The molecule has 28 heavy (non-hydrogen) atoms. The molecule has 6 nitrogen and oxygen atoms in total. The first-order valence-electron chi connectivity index (χ1n) is 8.93. The van der Waals surface area contributed by atoms with Crippen LogP contribution in [-0.2, 0) is 6.54 Å². The van der Waals surface area contributed by atoms with Crippen LogP contribution in [0.2, 0.25) is 0 Å². The number of thiophene rings is 1. The highest BCUT2D eigenvalue weighted by atomic mass is 32.1. The van der Waals surface area contributed by atoms with Gasteiger partial charge in [-0.15, -0.1) is 11.3 Å². The monoisotopic (exact) mass is 394 g/mol. The molecular formula is C21H18N2O4S. The highest BCUT2D eigenvalue weighted by Crippen LogP contribution is 2.37. The lowest BCUT2D eigenvalue weighted by Gasteiger charge is -2.19. The summed E-state index contributed by atoms with van der Waals surface area (Å²) in [6, 6.07) is 15.2. The number of benzene rings is 1. The number of carbonyl (C=O) groups excluding carboxylic acids is 1. The van der Waals surface area contributed by atoms with Gasteiger partial charge < -0.3 is 18.8 Å². The molecule has 0 bridgehead atoms. The molecule has 0 aliphatic carbocycles. The smallest absolute Gasteiger partial charge is 0.264 e. The molecule has 1 amide bonds. The molecule has 2 aromatic heterocycles. The summed E-state index contributed by atoms with van der Waals surface area (Å²) in [6.07, 6.45) is 1.85. The molecule has 7 heteroatoms. The zero-order valence-corrected chi connectivity index (χ0v) is 15.9. The highest BCUT2D eigenvalue weighted by molar-refractivity contribution is 7.17. The van der Waals surface area contributed by atoms with Crippen LogP contribution in [0.4, 0.5) is 0 Å². The third-order valence-corrected chi connectivity index (χ3v) is 5.47. The molecule has 0 spiro atoms. The predicted molar refractivity (Wildman–Crippen MR) is 104 cm³/mol. The molecular weight excluding hydrogens is 376 g/mol. The van der Waals surface area contributed by atoms with Gasteiger partial charge in [0.2, 0.25) is 0 Å². The average Bonchev–Trinajstić information content (AvgIpc) is 3.42. The van der Waals surface area contributed by atoms with Crippen molar-refractivity contribution in [1.29, 1.82) is 5.26 Å². The zero-order chi connectivity index (χ0) is 19.3. The van der Waals surface area contributed by atoms with E-state index in [-0.39, 0.29) is 12.3 Å². The molecule has 1 aliphatic rings. The van der Waals surface area contributed by atoms with E-state index in [2.05, 4.69) is 6.07 Å². The van der Waals surface area contributed by atoms with Crippen molar-refractivity contribution in [2.75, 3.05) is 19.8 Å². The van der Waals surface area contributed by atoms with Crippen LogP contribution in [0.15, 0.2) is 53.1 Å². The Morgan fingerprint density at radius 1 is 1.14 bits per heavy atom. The van der Waals surface area contributed by atoms with Gasteiger partial charge in [-0.05, 0) is 48.0 Å². The third kappa shape index (κ3) is 3.87. The molecule has 3 aromatic rings. The number of rotatable bonds is 6. The summed E-state index contributed by atoms with van der Waals surface area (Å²) in [5, 5.41) is 8.91. The normalized spacial score (nSPS) is 12.4. The first-order chi connectivity index (χ1) is 13.7. The van der Waals surface area contributed by atoms with Gasteiger partial charge in [-0.1, -0.05) is 0 Å². The van der Waals surface area contributed by atoms with Crippen molar-refractivity contribution in [3.8, 4) is 28.0 Å². The maximum absolute atomic E-state index is 13.0. The quantitative estimate of drug-likeness (QED) is 0.622. The van der Waals surface area contributed by atoms with E-state index < -0.39 is 0 Å². The van der Waals surface area contributed by atoms with Crippen LogP contribution >= 0.6 is 11.3 Å². The van der Waals surface area contributed by atoms with E-state index in [0.717, 1.165) is 21.9 Å². The molecule has 0 N–H and O–H groups in total. The SMILES string of the molecule is N#CCCN(Cc1ccco1)C(=O)c1ccc(-c2ccc3c(c2)OCCO3)s1. The number of nitriles is 1. The largest absolute Gasteiger partial charge is 0.486 e. The fourth-order valence-electron chi connectivity index (χ4n) is 2.99. The number of nitrogens with zero attached hydrogens (tertiary/aromatic N) is 2. The lowest BCUT2D eigenvalue weighted by Crippen LogP contribution is -2.30. The van der Waals surface area contributed by atoms with E-state index in [1.807, 2.05) is 36.4 Å². The maximum atomic E-state index is 13.0. The van der Waals surface area contributed by atoms with E-state index in [1.54, 1.807) is 17.2 Å². The van der Waals surface area contributed by atoms with Gasteiger partial charge in [0.25, 0.3) is 5.91 Å². The van der Waals surface area contributed by atoms with Gasteiger partial charge in [-0.3, -0.25) is 4.79 Å². The summed E-state index contributed by atoms with van der Waals surface area (Å²) < 4.78 is 16.6. The fraction of sp³-hybridized carbons (Fsp3) is 0.238. The van der Waals surface area contributed by atoms with Crippen LogP contribution in [0.3, 0.4) is 0 Å². The van der Waals surface area contributed by atoms with Crippen LogP contribution in [0.1, 0.15) is 21.9 Å². The van der Waals surface area contributed by atoms with Crippen LogP contribution in [0.5, 0.6) is 11.5 Å². The molecule has 4 rings (SSSR count). The van der Waals surface area contributed by atoms with Crippen LogP contribution in [0, 0.1) is 11.3 Å². The lowest BCUT2D eigenvalue weighted by molar-refractivity contribution is 0.0740. The number of hydrogen-bond donors (Lipinski definition) is 0. The zero-order valence-electron chi connectivity index (χ0n) is 15.1. The fourth-order valence-corrected chi connectivity index (χ4v) is 3.96. The summed E-state index contributed by atoms with van der Waals surface area (Å²) in [6.45, 7) is 1.78. The third-order valence-electron chi connectivity index (χ3n) is 4.35. The predicted octanol–water partition coefficient (Wildman–Crippen LogP) is 4.34. The van der Waals surface area contributed by atoms with E-state index in [0.29, 0.717) is 36.9 Å². The second-order valence-corrected chi connectivity index (χ2v) is 7.32. The molecule has 0 saturated heterocycles. The van der Waals surface area contributed by atoms with Gasteiger partial charge in [0, 0.05) is 11.4 Å². The number of furan rings is 1. The van der Waals surface area contributed by atoms with Crippen LogP contribution < -0.4 is 9.47 Å². The number of ether oxygens (including phenoxy) is 2. The molecule has 0 unspecified atom stereocenters. The second kappa shape index (κ2) is 8.19. The van der Waals surface area contributed by atoms with Gasteiger partial charge in [0.15, 0.2) is 11.5 Å². The minimum absolute atomic E-state index is 0.111. The second-order valence-electron chi connectivity index (χ2n) is 6.24. The van der Waals surface area contributed by atoms with Gasteiger partial charge >= 0.3 is 0 Å². The molecule has 0 radical (unpaired) electrons. The van der Waals surface area contributed by atoms with Crippen molar-refractivity contribution in [3.05, 3.63) is 59.4 Å². The van der Waals surface area contributed by atoms with Gasteiger partial charge in [0.1, 0.15) is 19.0 Å². The molecule has 0 atom stereocenters. The number of fused-ring (bicyclic) bond motifs is 1. The lowest BCUT2D eigenvalue weighted by atomic mass is 10.1. The Morgan fingerprint density at radius 2 is 2.00 bits per heavy atom. The summed E-state index contributed by atoms with van der Waals surface area (Å²) in [5.74, 6) is 2.04. The molecule has 1 aromatic carbocycles. The summed E-state index contributed by atoms with van der Waals surface area (Å²) in [4.78, 5) is 16.2. The van der Waals surface area contributed by atoms with Gasteiger partial charge in [-0.2, -0.15) is 5.26 Å². The number of hydrogen-bond acceptors (Lipinski definition) is 6. The molecule has 0 saturated carbocycles. The Balaban J connectivity index is 1.54. The average molecular weight is 394 g/mol. The summed E-state index contributed by atoms with van der Waals surface area (Å²) in [5.41, 5.74) is 0.975. The Kier molecular flexibility index (Phi) is 5.31. The van der Waals surface area contributed by atoms with Crippen molar-refractivity contribution in [1.82, 2.24) is 4.90 Å². The Labute approximate surface area is 166 Å². The van der Waals surface area contributed by atoms with Crippen molar-refractivity contribution in [3.63, 3.8) is 0 Å². The molecule has 142 valence electrons. The Hall–Kier alpha value is -3.24. The minimum Gasteiger partial charge on any atom is -0.486 e. The Bertz CT molecular complexity index is 1000. The van der Waals surface area contributed by atoms with Crippen molar-refractivity contribution >= 4 is 17.2 Å². The van der Waals surface area contributed by atoms with Crippen molar-refractivity contribution in [2.24, 2.45) is 0 Å². The minimum atomic E-state index is -0.111. The molecule has 0 fully saturated rings. The van der Waals surface area contributed by atoms with Gasteiger partial charge in [-0.25, -0.2) is 0 Å². The van der Waals surface area contributed by atoms with Crippen LogP contribution in [0.25, 0.3) is 10.4 Å². The number of carbonyl (C=O) groups is 1. The molecule has 1 aliphatic heterocycles. The molecule has 3 heterocycles. The topological polar surface area (TPSA) is 75.7 Å². The van der Waals surface area contributed by atoms with E-state index in [4.69, 9.17) is 19.2 Å². The first kappa shape index (κ1) is 18.1. The van der Waals surface area contributed by atoms with Crippen molar-refractivity contribution in [2.45, 2.75) is 13.0 Å². The van der Waals surface area contributed by atoms with Gasteiger partial charge in [0.05, 0.1) is 30.2 Å². The first-order valence-corrected chi connectivity index (χ1v) is 9.75. The van der Waals surface area contributed by atoms with E-state index >= 15 is 0 Å². The summed E-state index contributed by atoms with van der Waals surface area (Å²) >= 11 is 1.42. The Morgan fingerprint density at radius 3 is 2.79 bits per heavy atom. The van der Waals surface area contributed by atoms with Crippen molar-refractivity contribution < 1.29 is 18.7 Å². The van der Waals surface area contributed by atoms with Crippen LogP contribution in [-0.4, -0.2) is 30.6 Å². The highest BCUT2D eigenvalue weighted by Gasteiger charge is 2.20. The number of amides is 1. The standard InChI is InChI=1S/C21H18N2O4S/c22-8-2-9-23(14-16-3-1-10-25-16)21(24)20-7-6-19(28-20)15-4-5-17-18(13-15)27-12-11-26-17/h1,3-7,10,13H,2,9,11-12,14H2. The van der Waals surface area contributed by atoms with E-state index in [9.17, 15) is 4.79 Å².